The Hall–Kier alpha value is -1.11. The Labute approximate surface area is 108 Å². The molecular weight excluding hydrogens is 319 g/mol. The maximum atomic E-state index is 11.9. The van der Waals surface area contributed by atoms with Crippen LogP contribution in [0.3, 0.4) is 0 Å². The summed E-state index contributed by atoms with van der Waals surface area (Å²) in [7, 11) is 3.15. The van der Waals surface area contributed by atoms with Gasteiger partial charge in [-0.1, -0.05) is 0 Å². The standard InChI is InChI=1S/C11H13IN2O2/c1-13-10(15)7-14(2)11(16)8-3-5-9(12)6-4-8/h3-6H,7H2,1-2H3,(H,13,15). The highest BCUT2D eigenvalue weighted by atomic mass is 127. The fourth-order valence-corrected chi connectivity index (χ4v) is 1.54. The van der Waals surface area contributed by atoms with Crippen molar-refractivity contribution in [3.05, 3.63) is 33.4 Å². The number of halogens is 1. The number of carbonyl (C=O) groups is 2. The van der Waals surface area contributed by atoms with Gasteiger partial charge in [0.25, 0.3) is 5.91 Å². The second-order valence-electron chi connectivity index (χ2n) is 3.34. The zero-order valence-electron chi connectivity index (χ0n) is 9.16. The molecule has 86 valence electrons. The van der Waals surface area contributed by atoms with Crippen molar-refractivity contribution in [3.8, 4) is 0 Å². The zero-order valence-corrected chi connectivity index (χ0v) is 11.3. The summed E-state index contributed by atoms with van der Waals surface area (Å²) in [6.07, 6.45) is 0. The van der Waals surface area contributed by atoms with Crippen LogP contribution in [-0.2, 0) is 4.79 Å². The number of carbonyl (C=O) groups excluding carboxylic acids is 2. The molecule has 1 aromatic carbocycles. The van der Waals surface area contributed by atoms with Gasteiger partial charge in [0.15, 0.2) is 0 Å². The minimum atomic E-state index is -0.179. The van der Waals surface area contributed by atoms with Crippen LogP contribution in [-0.4, -0.2) is 37.4 Å². The lowest BCUT2D eigenvalue weighted by atomic mass is 10.2. The van der Waals surface area contributed by atoms with E-state index in [0.29, 0.717) is 5.56 Å². The number of hydrogen-bond acceptors (Lipinski definition) is 2. The van der Waals surface area contributed by atoms with E-state index in [1.54, 1.807) is 26.2 Å². The van der Waals surface area contributed by atoms with Crippen molar-refractivity contribution in [3.63, 3.8) is 0 Å². The SMILES string of the molecule is CNC(=O)CN(C)C(=O)c1ccc(I)cc1. The molecule has 0 saturated heterocycles. The van der Waals surface area contributed by atoms with Gasteiger partial charge >= 0.3 is 0 Å². The van der Waals surface area contributed by atoms with Crippen LogP contribution >= 0.6 is 22.6 Å². The van der Waals surface area contributed by atoms with Crippen LogP contribution in [0.15, 0.2) is 24.3 Å². The summed E-state index contributed by atoms with van der Waals surface area (Å²) in [5.41, 5.74) is 0.590. The molecule has 0 bridgehead atoms. The number of benzene rings is 1. The van der Waals surface area contributed by atoms with Crippen molar-refractivity contribution in [1.29, 1.82) is 0 Å². The number of amides is 2. The predicted octanol–water partition coefficient (Wildman–Crippen LogP) is 1.11. The van der Waals surface area contributed by atoms with Gasteiger partial charge in [0.1, 0.15) is 0 Å². The molecule has 1 N–H and O–H groups in total. The van der Waals surface area contributed by atoms with E-state index >= 15 is 0 Å². The monoisotopic (exact) mass is 332 g/mol. The van der Waals surface area contributed by atoms with Gasteiger partial charge in [0, 0.05) is 23.2 Å². The first kappa shape index (κ1) is 13.0. The zero-order chi connectivity index (χ0) is 12.1. The Balaban J connectivity index is 2.70. The first-order chi connectivity index (χ1) is 7.54. The number of likely N-dealkylation sites (N-methyl/N-ethyl adjacent to an activating group) is 2. The molecule has 0 radical (unpaired) electrons. The number of nitrogens with one attached hydrogen (secondary N) is 1. The smallest absolute Gasteiger partial charge is 0.254 e. The molecular formula is C11H13IN2O2. The largest absolute Gasteiger partial charge is 0.358 e. The van der Waals surface area contributed by atoms with E-state index in [1.165, 1.54) is 4.90 Å². The second kappa shape index (κ2) is 5.83. The Morgan fingerprint density at radius 3 is 2.38 bits per heavy atom. The van der Waals surface area contributed by atoms with Crippen molar-refractivity contribution in [2.75, 3.05) is 20.6 Å². The molecule has 0 atom stereocenters. The van der Waals surface area contributed by atoms with Gasteiger partial charge in [-0.3, -0.25) is 9.59 Å². The highest BCUT2D eigenvalue weighted by Gasteiger charge is 2.13. The van der Waals surface area contributed by atoms with E-state index in [9.17, 15) is 9.59 Å². The van der Waals surface area contributed by atoms with Gasteiger partial charge < -0.3 is 10.2 Å². The van der Waals surface area contributed by atoms with Crippen LogP contribution in [0, 0.1) is 3.57 Å². The van der Waals surface area contributed by atoms with Crippen molar-refractivity contribution in [2.24, 2.45) is 0 Å². The Morgan fingerprint density at radius 2 is 1.88 bits per heavy atom. The summed E-state index contributed by atoms with van der Waals surface area (Å²) in [5, 5.41) is 2.48. The average Bonchev–Trinajstić information content (AvgIpc) is 2.28. The molecule has 1 aromatic rings. The topological polar surface area (TPSA) is 49.4 Å². The molecule has 1 rings (SSSR count). The molecule has 0 unspecified atom stereocenters. The molecule has 0 fully saturated rings. The Kier molecular flexibility index (Phi) is 4.72. The minimum absolute atomic E-state index is 0.0708. The van der Waals surface area contributed by atoms with Gasteiger partial charge in [-0.05, 0) is 46.9 Å². The summed E-state index contributed by atoms with van der Waals surface area (Å²) >= 11 is 2.17. The van der Waals surface area contributed by atoms with E-state index in [-0.39, 0.29) is 18.4 Å². The van der Waals surface area contributed by atoms with Crippen LogP contribution in [0.5, 0.6) is 0 Å². The molecule has 4 nitrogen and oxygen atoms in total. The van der Waals surface area contributed by atoms with Gasteiger partial charge in [0.2, 0.25) is 5.91 Å². The van der Waals surface area contributed by atoms with Crippen LogP contribution in [0.1, 0.15) is 10.4 Å². The Morgan fingerprint density at radius 1 is 1.31 bits per heavy atom. The van der Waals surface area contributed by atoms with Crippen molar-refractivity contribution >= 4 is 34.4 Å². The highest BCUT2D eigenvalue weighted by Crippen LogP contribution is 2.08. The maximum Gasteiger partial charge on any atom is 0.254 e. The van der Waals surface area contributed by atoms with Crippen molar-refractivity contribution in [1.82, 2.24) is 10.2 Å². The summed E-state index contributed by atoms with van der Waals surface area (Å²) in [6.45, 7) is 0.0708. The third-order valence-electron chi connectivity index (χ3n) is 2.10. The van der Waals surface area contributed by atoms with Crippen molar-refractivity contribution in [2.45, 2.75) is 0 Å². The highest BCUT2D eigenvalue weighted by molar-refractivity contribution is 14.1. The maximum absolute atomic E-state index is 11.9. The lowest BCUT2D eigenvalue weighted by molar-refractivity contribution is -0.121. The van der Waals surface area contributed by atoms with Gasteiger partial charge in [-0.25, -0.2) is 0 Å². The van der Waals surface area contributed by atoms with E-state index in [4.69, 9.17) is 0 Å². The molecule has 5 heteroatoms. The Bertz CT molecular complexity index is 389. The van der Waals surface area contributed by atoms with Crippen LogP contribution in [0.25, 0.3) is 0 Å². The minimum Gasteiger partial charge on any atom is -0.358 e. The number of rotatable bonds is 3. The van der Waals surface area contributed by atoms with Gasteiger partial charge in [-0.15, -0.1) is 0 Å². The quantitative estimate of drug-likeness (QED) is 0.843. The predicted molar refractivity (Wildman–Crippen MR) is 70.2 cm³/mol. The first-order valence-corrected chi connectivity index (χ1v) is 5.84. The van der Waals surface area contributed by atoms with E-state index < -0.39 is 0 Å². The summed E-state index contributed by atoms with van der Waals surface area (Å²) in [5.74, 6) is -0.332. The lowest BCUT2D eigenvalue weighted by Gasteiger charge is -2.15. The van der Waals surface area contributed by atoms with E-state index in [2.05, 4.69) is 27.9 Å². The van der Waals surface area contributed by atoms with E-state index in [0.717, 1.165) is 3.57 Å². The van der Waals surface area contributed by atoms with Crippen LogP contribution in [0.2, 0.25) is 0 Å². The molecule has 16 heavy (non-hydrogen) atoms. The molecule has 0 aliphatic rings. The lowest BCUT2D eigenvalue weighted by Crippen LogP contribution is -2.36. The molecule has 0 aromatic heterocycles. The van der Waals surface area contributed by atoms with Gasteiger partial charge in [0.05, 0.1) is 6.54 Å². The molecule has 2 amide bonds. The number of nitrogens with zero attached hydrogens (tertiary/aromatic N) is 1. The second-order valence-corrected chi connectivity index (χ2v) is 4.59. The molecule has 0 aliphatic heterocycles. The third kappa shape index (κ3) is 3.48. The third-order valence-corrected chi connectivity index (χ3v) is 2.82. The van der Waals surface area contributed by atoms with E-state index in [1.807, 2.05) is 12.1 Å². The van der Waals surface area contributed by atoms with Crippen LogP contribution < -0.4 is 5.32 Å². The summed E-state index contributed by atoms with van der Waals surface area (Å²) in [4.78, 5) is 24.3. The molecule has 0 saturated carbocycles. The fourth-order valence-electron chi connectivity index (χ4n) is 1.18. The van der Waals surface area contributed by atoms with Gasteiger partial charge in [-0.2, -0.15) is 0 Å². The fraction of sp³-hybridized carbons (Fsp3) is 0.273. The molecule has 0 heterocycles. The number of hydrogen-bond donors (Lipinski definition) is 1. The first-order valence-electron chi connectivity index (χ1n) is 4.76. The molecule has 0 spiro atoms. The average molecular weight is 332 g/mol. The summed E-state index contributed by atoms with van der Waals surface area (Å²) < 4.78 is 1.07. The molecule has 0 aliphatic carbocycles. The normalized spacial score (nSPS) is 9.69. The summed E-state index contributed by atoms with van der Waals surface area (Å²) in [6, 6.07) is 7.23. The van der Waals surface area contributed by atoms with Crippen LogP contribution in [0.4, 0.5) is 0 Å². The van der Waals surface area contributed by atoms with Crippen molar-refractivity contribution < 1.29 is 9.59 Å².